The molecule has 3 atom stereocenters. The third-order valence-electron chi connectivity index (χ3n) is 3.92. The molecule has 1 fully saturated rings. The number of unbranched alkanes of at least 4 members (excludes halogenated alkanes) is 1. The van der Waals surface area contributed by atoms with E-state index in [9.17, 15) is 0 Å². The molecule has 1 heteroatoms. The van der Waals surface area contributed by atoms with Crippen molar-refractivity contribution in [1.29, 1.82) is 0 Å². The Bertz CT molecular complexity index is 246. The normalized spacial score (nSPS) is 22.6. The Morgan fingerprint density at radius 3 is 2.00 bits per heavy atom. The molecule has 1 saturated heterocycles. The Morgan fingerprint density at radius 1 is 1.10 bits per heavy atom. The maximum absolute atomic E-state index is 3.45. The summed E-state index contributed by atoms with van der Waals surface area (Å²) in [7, 11) is 0. The van der Waals surface area contributed by atoms with Gasteiger partial charge in [-0.05, 0) is 32.9 Å². The fourth-order valence-electron chi connectivity index (χ4n) is 1.99. The van der Waals surface area contributed by atoms with Gasteiger partial charge in [0.1, 0.15) is 0 Å². The topological polar surface area (TPSA) is 3.24 Å². The van der Waals surface area contributed by atoms with Gasteiger partial charge in [0.05, 0.1) is 0 Å². The average molecular weight is 282 g/mol. The maximum Gasteiger partial charge on any atom is 0.0368 e. The number of hydrogen-bond donors (Lipinski definition) is 0. The van der Waals surface area contributed by atoms with Crippen LogP contribution in [0.3, 0.4) is 0 Å². The first kappa shape index (κ1) is 21.8. The zero-order chi connectivity index (χ0) is 16.0. The molecule has 0 aromatic heterocycles. The Hall–Kier alpha value is -0.480. The van der Waals surface area contributed by atoms with Gasteiger partial charge in [0, 0.05) is 17.9 Å². The lowest BCUT2D eigenvalue weighted by Gasteiger charge is -2.20. The first-order chi connectivity index (χ1) is 9.60. The van der Waals surface area contributed by atoms with E-state index in [4.69, 9.17) is 0 Å². The minimum atomic E-state index is 0.567. The van der Waals surface area contributed by atoms with Gasteiger partial charge >= 0.3 is 0 Å². The van der Waals surface area contributed by atoms with Crippen LogP contribution < -0.4 is 0 Å². The van der Waals surface area contributed by atoms with Crippen LogP contribution >= 0.6 is 0 Å². The fourth-order valence-corrected chi connectivity index (χ4v) is 1.99. The van der Waals surface area contributed by atoms with E-state index in [1.807, 2.05) is 13.8 Å². The molecule has 0 N–H and O–H groups in total. The second-order valence-electron chi connectivity index (χ2n) is 5.36. The largest absolute Gasteiger partial charge is 0.300 e. The first-order valence-corrected chi connectivity index (χ1v) is 8.85. The fraction of sp³-hybridized carbons (Fsp3) is 0.895. The molecule has 1 rings (SSSR count). The van der Waals surface area contributed by atoms with E-state index in [0.29, 0.717) is 17.9 Å². The summed E-state index contributed by atoms with van der Waals surface area (Å²) in [6, 6.07) is 0.663. The quantitative estimate of drug-likeness (QED) is 0.609. The zero-order valence-electron chi connectivity index (χ0n) is 15.4. The molecular formula is C19H39N. The highest BCUT2D eigenvalue weighted by Crippen LogP contribution is 2.22. The van der Waals surface area contributed by atoms with Gasteiger partial charge in [-0.15, -0.1) is 0 Å². The Balaban J connectivity index is 0. The number of nitrogens with zero attached hydrogens (tertiary/aromatic N) is 1. The lowest BCUT2D eigenvalue weighted by atomic mass is 10.0. The second kappa shape index (κ2) is 14.9. The van der Waals surface area contributed by atoms with Crippen LogP contribution in [-0.2, 0) is 0 Å². The molecule has 0 radical (unpaired) electrons. The number of likely N-dealkylation sites (tertiary alicyclic amines) is 1. The van der Waals surface area contributed by atoms with Gasteiger partial charge in [-0.2, -0.15) is 0 Å². The van der Waals surface area contributed by atoms with Crippen molar-refractivity contribution < 1.29 is 0 Å². The molecule has 0 bridgehead atoms. The van der Waals surface area contributed by atoms with Gasteiger partial charge in [0.15, 0.2) is 0 Å². The van der Waals surface area contributed by atoms with E-state index in [-0.39, 0.29) is 0 Å². The third-order valence-corrected chi connectivity index (χ3v) is 3.92. The molecule has 1 heterocycles. The van der Waals surface area contributed by atoms with E-state index in [1.165, 1.54) is 38.8 Å². The molecule has 0 aliphatic carbocycles. The van der Waals surface area contributed by atoms with Gasteiger partial charge in [-0.3, -0.25) is 4.90 Å². The van der Waals surface area contributed by atoms with Crippen LogP contribution in [0.25, 0.3) is 0 Å². The Morgan fingerprint density at radius 2 is 1.65 bits per heavy atom. The highest BCUT2D eigenvalue weighted by molar-refractivity contribution is 5.10. The molecule has 0 aromatic rings. The number of rotatable bonds is 3. The highest BCUT2D eigenvalue weighted by atomic mass is 15.2. The Labute approximate surface area is 129 Å². The van der Waals surface area contributed by atoms with E-state index in [2.05, 4.69) is 58.3 Å². The predicted octanol–water partition coefficient (Wildman–Crippen LogP) is 5.60. The molecule has 1 aliphatic rings. The minimum absolute atomic E-state index is 0.567. The molecule has 20 heavy (non-hydrogen) atoms. The first-order valence-electron chi connectivity index (χ1n) is 8.85. The van der Waals surface area contributed by atoms with Gasteiger partial charge in [0.25, 0.3) is 0 Å². The number of hydrogen-bond acceptors (Lipinski definition) is 1. The molecule has 3 unspecified atom stereocenters. The monoisotopic (exact) mass is 281 g/mol. The molecular weight excluding hydrogens is 242 g/mol. The summed E-state index contributed by atoms with van der Waals surface area (Å²) in [5.74, 6) is 8.01. The van der Waals surface area contributed by atoms with Crippen molar-refractivity contribution in [1.82, 2.24) is 4.90 Å². The van der Waals surface area contributed by atoms with Gasteiger partial charge in [0.2, 0.25) is 0 Å². The van der Waals surface area contributed by atoms with Crippen molar-refractivity contribution in [2.45, 2.75) is 87.1 Å². The van der Waals surface area contributed by atoms with Crippen LogP contribution in [0.5, 0.6) is 0 Å². The summed E-state index contributed by atoms with van der Waals surface area (Å²) in [5, 5.41) is 0. The van der Waals surface area contributed by atoms with Crippen LogP contribution in [0.2, 0.25) is 0 Å². The Kier molecular flexibility index (Phi) is 16.3. The van der Waals surface area contributed by atoms with E-state index in [1.54, 1.807) is 0 Å². The van der Waals surface area contributed by atoms with Gasteiger partial charge in [-0.1, -0.05) is 73.1 Å². The van der Waals surface area contributed by atoms with Gasteiger partial charge < -0.3 is 0 Å². The van der Waals surface area contributed by atoms with Crippen molar-refractivity contribution in [3.8, 4) is 11.8 Å². The third kappa shape index (κ3) is 9.43. The summed E-state index contributed by atoms with van der Waals surface area (Å²) in [6.07, 6.45) is 5.07. The molecule has 1 nitrogen and oxygen atoms in total. The lowest BCUT2D eigenvalue weighted by molar-refractivity contribution is 0.270. The van der Waals surface area contributed by atoms with E-state index >= 15 is 0 Å². The summed E-state index contributed by atoms with van der Waals surface area (Å²) in [4.78, 5) is 2.52. The standard InChI is InChI=1S/C13H23N.C4H10.C2H6/c1-5-11(3)7-8-13-9-10-14(6-2)12(13)4;1-3-4-2;1-2/h11-13H,5-6,9-10H2,1-4H3;3-4H2,1-2H3;1-2H3. The van der Waals surface area contributed by atoms with Gasteiger partial charge in [-0.25, -0.2) is 0 Å². The lowest BCUT2D eigenvalue weighted by Crippen LogP contribution is -2.29. The predicted molar refractivity (Wildman–Crippen MR) is 94.0 cm³/mol. The van der Waals surface area contributed by atoms with Crippen LogP contribution in [-0.4, -0.2) is 24.0 Å². The maximum atomic E-state index is 3.45. The molecule has 1 aliphatic heterocycles. The average Bonchev–Trinajstić information content (AvgIpc) is 2.87. The van der Waals surface area contributed by atoms with Crippen LogP contribution in [0.15, 0.2) is 0 Å². The van der Waals surface area contributed by atoms with Crippen LogP contribution in [0, 0.1) is 23.7 Å². The zero-order valence-corrected chi connectivity index (χ0v) is 15.4. The van der Waals surface area contributed by atoms with Crippen LogP contribution in [0.4, 0.5) is 0 Å². The van der Waals surface area contributed by atoms with Crippen molar-refractivity contribution in [3.63, 3.8) is 0 Å². The second-order valence-corrected chi connectivity index (χ2v) is 5.36. The minimum Gasteiger partial charge on any atom is -0.300 e. The highest BCUT2D eigenvalue weighted by Gasteiger charge is 2.27. The molecule has 0 amide bonds. The van der Waals surface area contributed by atoms with Crippen molar-refractivity contribution in [2.75, 3.05) is 13.1 Å². The summed E-state index contributed by atoms with van der Waals surface area (Å²) in [5.41, 5.74) is 0. The molecule has 0 aromatic carbocycles. The molecule has 120 valence electrons. The smallest absolute Gasteiger partial charge is 0.0368 e. The SMILES string of the molecule is CC.CCC(C)C#CC1CCN(CC)C1C.CCCC. The summed E-state index contributed by atoms with van der Waals surface area (Å²) in [6.45, 7) is 19.7. The molecule has 0 spiro atoms. The van der Waals surface area contributed by atoms with Crippen LogP contribution in [0.1, 0.15) is 81.1 Å². The van der Waals surface area contributed by atoms with Crippen molar-refractivity contribution in [2.24, 2.45) is 11.8 Å². The molecule has 0 saturated carbocycles. The summed E-state index contributed by atoms with van der Waals surface area (Å²) >= 11 is 0. The van der Waals surface area contributed by atoms with E-state index in [0.717, 1.165) is 0 Å². The van der Waals surface area contributed by atoms with E-state index < -0.39 is 0 Å². The van der Waals surface area contributed by atoms with Crippen molar-refractivity contribution in [3.05, 3.63) is 0 Å². The van der Waals surface area contributed by atoms with Crippen molar-refractivity contribution >= 4 is 0 Å². The summed E-state index contributed by atoms with van der Waals surface area (Å²) < 4.78 is 0.